The van der Waals surface area contributed by atoms with Crippen LogP contribution in [0.4, 0.5) is 5.69 Å². The molecule has 1 nitrogen and oxygen atoms in total. The molecule has 1 heteroatoms. The monoisotopic (exact) mass is 259 g/mol. The average molecular weight is 259 g/mol. The van der Waals surface area contributed by atoms with E-state index in [9.17, 15) is 0 Å². The lowest BCUT2D eigenvalue weighted by atomic mass is 10.1. The molecule has 0 spiro atoms. The van der Waals surface area contributed by atoms with Crippen molar-refractivity contribution >= 4 is 11.8 Å². The average Bonchev–Trinajstić information content (AvgIpc) is 2.46. The van der Waals surface area contributed by atoms with Crippen LogP contribution in [0.15, 0.2) is 30.8 Å². The van der Waals surface area contributed by atoms with Crippen LogP contribution >= 0.6 is 0 Å². The van der Waals surface area contributed by atoms with Crippen molar-refractivity contribution in [2.45, 2.75) is 52.4 Å². The first-order valence-corrected chi connectivity index (χ1v) is 7.79. The highest BCUT2D eigenvalue weighted by molar-refractivity contribution is 5.66. The van der Waals surface area contributed by atoms with Crippen LogP contribution in [0.25, 0.3) is 6.08 Å². The second-order valence-corrected chi connectivity index (χ2v) is 5.16. The fourth-order valence-corrected chi connectivity index (χ4v) is 2.41. The maximum atomic E-state index is 3.94. The quantitative estimate of drug-likeness (QED) is 0.500. The molecule has 0 saturated heterocycles. The minimum atomic E-state index is 1.17. The number of nitrogens with zero attached hydrogens (tertiary/aromatic N) is 1. The van der Waals surface area contributed by atoms with Gasteiger partial charge in [-0.2, -0.15) is 0 Å². The number of rotatable bonds is 10. The molecule has 0 saturated carbocycles. The van der Waals surface area contributed by atoms with E-state index in [2.05, 4.69) is 49.6 Å². The summed E-state index contributed by atoms with van der Waals surface area (Å²) >= 11 is 0. The molecule has 0 aliphatic heterocycles. The minimum Gasteiger partial charge on any atom is -0.371 e. The molecular weight excluding hydrogens is 230 g/mol. The Morgan fingerprint density at radius 2 is 1.53 bits per heavy atom. The normalized spacial score (nSPS) is 10.4. The maximum Gasteiger partial charge on any atom is 0.0439 e. The molecule has 0 unspecified atom stereocenters. The van der Waals surface area contributed by atoms with Gasteiger partial charge in [-0.05, 0) is 24.5 Å². The van der Waals surface area contributed by atoms with Gasteiger partial charge in [-0.25, -0.2) is 0 Å². The Morgan fingerprint density at radius 1 is 0.947 bits per heavy atom. The lowest BCUT2D eigenvalue weighted by Gasteiger charge is -2.26. The number of hydrogen-bond donors (Lipinski definition) is 0. The Balaban J connectivity index is 2.72. The maximum absolute atomic E-state index is 3.94. The molecule has 106 valence electrons. The minimum absolute atomic E-state index is 1.17. The van der Waals surface area contributed by atoms with Gasteiger partial charge in [0.2, 0.25) is 0 Å². The lowest BCUT2D eigenvalue weighted by Crippen LogP contribution is -2.26. The van der Waals surface area contributed by atoms with Crippen LogP contribution in [0.1, 0.15) is 57.9 Å². The van der Waals surface area contributed by atoms with Crippen LogP contribution in [-0.4, -0.2) is 13.1 Å². The van der Waals surface area contributed by atoms with Gasteiger partial charge < -0.3 is 4.90 Å². The Bertz CT molecular complexity index is 346. The molecular formula is C18H29N. The number of unbranched alkanes of at least 4 members (excludes halogenated alkanes) is 4. The smallest absolute Gasteiger partial charge is 0.0439 e. The molecule has 0 bridgehead atoms. The van der Waals surface area contributed by atoms with E-state index in [4.69, 9.17) is 0 Å². The highest BCUT2D eigenvalue weighted by Crippen LogP contribution is 2.22. The lowest BCUT2D eigenvalue weighted by molar-refractivity contribution is 0.636. The fourth-order valence-electron chi connectivity index (χ4n) is 2.41. The summed E-state index contributed by atoms with van der Waals surface area (Å²) in [4.78, 5) is 2.54. The first kappa shape index (κ1) is 15.8. The van der Waals surface area contributed by atoms with E-state index in [0.717, 1.165) is 0 Å². The molecule has 0 aliphatic carbocycles. The third-order valence-corrected chi connectivity index (χ3v) is 3.56. The second kappa shape index (κ2) is 9.66. The van der Waals surface area contributed by atoms with Gasteiger partial charge in [0.25, 0.3) is 0 Å². The third-order valence-electron chi connectivity index (χ3n) is 3.56. The van der Waals surface area contributed by atoms with Crippen molar-refractivity contribution in [3.8, 4) is 0 Å². The third kappa shape index (κ3) is 5.50. The SMILES string of the molecule is C=Cc1ccccc1N(CCCCC)CCCCC. The van der Waals surface area contributed by atoms with Crippen LogP contribution in [0.3, 0.4) is 0 Å². The van der Waals surface area contributed by atoms with Crippen molar-refractivity contribution in [3.63, 3.8) is 0 Å². The Kier molecular flexibility index (Phi) is 8.04. The molecule has 0 N–H and O–H groups in total. The Morgan fingerprint density at radius 3 is 2.05 bits per heavy atom. The van der Waals surface area contributed by atoms with Crippen molar-refractivity contribution in [2.24, 2.45) is 0 Å². The van der Waals surface area contributed by atoms with Gasteiger partial charge in [0.1, 0.15) is 0 Å². The summed E-state index contributed by atoms with van der Waals surface area (Å²) in [7, 11) is 0. The van der Waals surface area contributed by atoms with E-state index in [1.807, 2.05) is 6.08 Å². The van der Waals surface area contributed by atoms with E-state index in [-0.39, 0.29) is 0 Å². The van der Waals surface area contributed by atoms with Crippen LogP contribution in [0, 0.1) is 0 Å². The van der Waals surface area contributed by atoms with E-state index in [1.165, 1.54) is 62.9 Å². The van der Waals surface area contributed by atoms with E-state index in [1.54, 1.807) is 0 Å². The van der Waals surface area contributed by atoms with Gasteiger partial charge in [-0.3, -0.25) is 0 Å². The largest absolute Gasteiger partial charge is 0.371 e. The Labute approximate surface area is 119 Å². The van der Waals surface area contributed by atoms with Crippen molar-refractivity contribution < 1.29 is 0 Å². The molecule has 0 aliphatic rings. The summed E-state index contributed by atoms with van der Waals surface area (Å²) in [5, 5.41) is 0. The highest BCUT2D eigenvalue weighted by atomic mass is 15.1. The fraction of sp³-hybridized carbons (Fsp3) is 0.556. The number of para-hydroxylation sites is 1. The Hall–Kier alpha value is -1.24. The van der Waals surface area contributed by atoms with Crippen LogP contribution in [0.5, 0.6) is 0 Å². The molecule has 1 aromatic rings. The first-order chi connectivity index (χ1) is 9.33. The van der Waals surface area contributed by atoms with Gasteiger partial charge in [-0.15, -0.1) is 0 Å². The van der Waals surface area contributed by atoms with E-state index in [0.29, 0.717) is 0 Å². The van der Waals surface area contributed by atoms with Crippen molar-refractivity contribution in [2.75, 3.05) is 18.0 Å². The zero-order valence-corrected chi connectivity index (χ0v) is 12.7. The predicted molar refractivity (Wildman–Crippen MR) is 87.8 cm³/mol. The molecule has 0 aromatic heterocycles. The number of anilines is 1. The summed E-state index contributed by atoms with van der Waals surface area (Å²) in [5.41, 5.74) is 2.61. The molecule has 0 amide bonds. The van der Waals surface area contributed by atoms with Crippen LogP contribution in [0.2, 0.25) is 0 Å². The number of hydrogen-bond acceptors (Lipinski definition) is 1. The van der Waals surface area contributed by atoms with Crippen molar-refractivity contribution in [1.82, 2.24) is 0 Å². The summed E-state index contributed by atoms with van der Waals surface area (Å²) in [6.45, 7) is 10.8. The summed E-state index contributed by atoms with van der Waals surface area (Å²) in [5.74, 6) is 0. The zero-order chi connectivity index (χ0) is 13.9. The predicted octanol–water partition coefficient (Wildman–Crippen LogP) is 5.52. The summed E-state index contributed by atoms with van der Waals surface area (Å²) in [6.07, 6.45) is 9.75. The standard InChI is InChI=1S/C18H29N/c1-4-7-11-15-19(16-12-8-5-2)18-14-10-9-13-17(18)6-3/h6,9-10,13-14H,3-5,7-8,11-12,15-16H2,1-2H3. The van der Waals surface area contributed by atoms with Gasteiger partial charge >= 0.3 is 0 Å². The van der Waals surface area contributed by atoms with E-state index >= 15 is 0 Å². The van der Waals surface area contributed by atoms with Crippen molar-refractivity contribution in [1.29, 1.82) is 0 Å². The molecule has 0 fully saturated rings. The molecule has 0 radical (unpaired) electrons. The number of benzene rings is 1. The van der Waals surface area contributed by atoms with Gasteiger partial charge in [0, 0.05) is 18.8 Å². The molecule has 1 rings (SSSR count). The van der Waals surface area contributed by atoms with Gasteiger partial charge in [-0.1, -0.05) is 70.4 Å². The molecule has 0 heterocycles. The van der Waals surface area contributed by atoms with Gasteiger partial charge in [0.05, 0.1) is 0 Å². The van der Waals surface area contributed by atoms with Crippen molar-refractivity contribution in [3.05, 3.63) is 36.4 Å². The first-order valence-electron chi connectivity index (χ1n) is 7.79. The summed E-state index contributed by atoms with van der Waals surface area (Å²) in [6, 6.07) is 8.62. The highest BCUT2D eigenvalue weighted by Gasteiger charge is 2.08. The molecule has 19 heavy (non-hydrogen) atoms. The van der Waals surface area contributed by atoms with Gasteiger partial charge in [0.15, 0.2) is 0 Å². The topological polar surface area (TPSA) is 3.24 Å². The van der Waals surface area contributed by atoms with Crippen LogP contribution < -0.4 is 4.90 Å². The second-order valence-electron chi connectivity index (χ2n) is 5.16. The summed E-state index contributed by atoms with van der Waals surface area (Å²) < 4.78 is 0. The molecule has 1 aromatic carbocycles. The van der Waals surface area contributed by atoms with E-state index < -0.39 is 0 Å². The zero-order valence-electron chi connectivity index (χ0n) is 12.7. The van der Waals surface area contributed by atoms with Crippen LogP contribution in [-0.2, 0) is 0 Å². The molecule has 0 atom stereocenters.